The monoisotopic (exact) mass is 285 g/mol. The predicted molar refractivity (Wildman–Crippen MR) is 80.1 cm³/mol. The van der Waals surface area contributed by atoms with Crippen molar-refractivity contribution < 1.29 is 9.53 Å². The summed E-state index contributed by atoms with van der Waals surface area (Å²) >= 11 is 0. The largest absolute Gasteiger partial charge is 0.368 e. The molecule has 2 heterocycles. The van der Waals surface area contributed by atoms with E-state index in [1.807, 2.05) is 48.0 Å². The van der Waals surface area contributed by atoms with Crippen molar-refractivity contribution in [3.8, 4) is 0 Å². The molecule has 0 bridgehead atoms. The maximum absolute atomic E-state index is 12.2. The third kappa shape index (κ3) is 3.31. The molecular formula is C16H19N3O2. The van der Waals surface area contributed by atoms with Gasteiger partial charge in [-0.25, -0.2) is 4.68 Å². The van der Waals surface area contributed by atoms with Crippen molar-refractivity contribution in [2.24, 2.45) is 0 Å². The number of hydrogen-bond donors (Lipinski definition) is 1. The van der Waals surface area contributed by atoms with Crippen molar-refractivity contribution in [3.05, 3.63) is 47.7 Å². The van der Waals surface area contributed by atoms with Gasteiger partial charge < -0.3 is 10.1 Å². The second-order valence-electron chi connectivity index (χ2n) is 5.31. The van der Waals surface area contributed by atoms with Crippen LogP contribution in [-0.2, 0) is 16.1 Å². The lowest BCUT2D eigenvalue weighted by Crippen LogP contribution is -2.28. The van der Waals surface area contributed by atoms with E-state index in [4.69, 9.17) is 4.74 Å². The van der Waals surface area contributed by atoms with Gasteiger partial charge in [0.2, 0.25) is 0 Å². The zero-order valence-electron chi connectivity index (χ0n) is 12.1. The number of aromatic nitrogens is 2. The van der Waals surface area contributed by atoms with Crippen LogP contribution in [0.25, 0.3) is 0 Å². The molecular weight excluding hydrogens is 266 g/mol. The van der Waals surface area contributed by atoms with Gasteiger partial charge in [-0.1, -0.05) is 30.3 Å². The molecule has 5 heteroatoms. The van der Waals surface area contributed by atoms with E-state index in [2.05, 4.69) is 10.4 Å². The summed E-state index contributed by atoms with van der Waals surface area (Å²) < 4.78 is 7.23. The molecule has 0 aliphatic carbocycles. The minimum absolute atomic E-state index is 0.0817. The van der Waals surface area contributed by atoms with E-state index in [9.17, 15) is 4.79 Å². The first-order valence-electron chi connectivity index (χ1n) is 7.23. The number of hydrogen-bond acceptors (Lipinski definition) is 3. The van der Waals surface area contributed by atoms with E-state index in [1.165, 1.54) is 0 Å². The number of rotatable bonds is 4. The van der Waals surface area contributed by atoms with Gasteiger partial charge in [-0.15, -0.1) is 0 Å². The fourth-order valence-electron chi connectivity index (χ4n) is 2.51. The third-order valence-corrected chi connectivity index (χ3v) is 3.55. The molecule has 1 fully saturated rings. The molecule has 0 unspecified atom stereocenters. The number of ether oxygens (including phenoxy) is 1. The normalized spacial score (nSPS) is 17.9. The van der Waals surface area contributed by atoms with E-state index in [0.29, 0.717) is 13.2 Å². The van der Waals surface area contributed by atoms with E-state index in [1.54, 1.807) is 0 Å². The zero-order chi connectivity index (χ0) is 14.7. The van der Waals surface area contributed by atoms with Crippen molar-refractivity contribution in [1.29, 1.82) is 0 Å². The molecule has 3 rings (SSSR count). The van der Waals surface area contributed by atoms with Crippen LogP contribution in [0.3, 0.4) is 0 Å². The van der Waals surface area contributed by atoms with Crippen LogP contribution >= 0.6 is 0 Å². The molecule has 110 valence electrons. The van der Waals surface area contributed by atoms with Gasteiger partial charge in [0, 0.05) is 12.7 Å². The molecule has 1 atom stereocenters. The first-order chi connectivity index (χ1) is 10.2. The Morgan fingerprint density at radius 2 is 2.24 bits per heavy atom. The Morgan fingerprint density at radius 1 is 1.43 bits per heavy atom. The van der Waals surface area contributed by atoms with Crippen LogP contribution in [0, 0.1) is 6.92 Å². The number of amides is 1. The number of nitrogens with one attached hydrogen (secondary N) is 1. The Morgan fingerprint density at radius 3 is 2.95 bits per heavy atom. The van der Waals surface area contributed by atoms with Gasteiger partial charge in [0.05, 0.1) is 12.2 Å². The van der Waals surface area contributed by atoms with Crippen molar-refractivity contribution in [3.63, 3.8) is 0 Å². The molecule has 1 aromatic carbocycles. The fraction of sp³-hybridized carbons (Fsp3) is 0.375. The summed E-state index contributed by atoms with van der Waals surface area (Å²) in [5.74, 6) is 0.638. The maximum atomic E-state index is 12.2. The number of benzene rings is 1. The molecule has 1 N–H and O–H groups in total. The van der Waals surface area contributed by atoms with E-state index >= 15 is 0 Å². The molecule has 1 aliphatic heterocycles. The summed E-state index contributed by atoms with van der Waals surface area (Å²) in [5, 5.41) is 7.38. The molecule has 0 saturated carbocycles. The van der Waals surface area contributed by atoms with E-state index < -0.39 is 0 Å². The maximum Gasteiger partial charge on any atom is 0.254 e. The first-order valence-corrected chi connectivity index (χ1v) is 7.23. The Bertz CT molecular complexity index is 616. The van der Waals surface area contributed by atoms with Crippen LogP contribution in [0.2, 0.25) is 0 Å². The number of nitrogens with zero attached hydrogens (tertiary/aromatic N) is 2. The average molecular weight is 285 g/mol. The molecule has 21 heavy (non-hydrogen) atoms. The minimum atomic E-state index is -0.328. The summed E-state index contributed by atoms with van der Waals surface area (Å²) in [6, 6.07) is 12.0. The fourth-order valence-corrected chi connectivity index (χ4v) is 2.51. The Hall–Kier alpha value is -2.14. The van der Waals surface area contributed by atoms with Crippen LogP contribution in [0.5, 0.6) is 0 Å². The Kier molecular flexibility index (Phi) is 4.01. The van der Waals surface area contributed by atoms with Gasteiger partial charge in [-0.2, -0.15) is 5.10 Å². The van der Waals surface area contributed by atoms with Gasteiger partial charge in [-0.3, -0.25) is 4.79 Å². The summed E-state index contributed by atoms with van der Waals surface area (Å²) in [7, 11) is 0. The van der Waals surface area contributed by atoms with Crippen molar-refractivity contribution in [2.75, 3.05) is 11.9 Å². The predicted octanol–water partition coefficient (Wildman–Crippen LogP) is 2.36. The topological polar surface area (TPSA) is 56.1 Å². The van der Waals surface area contributed by atoms with Crippen LogP contribution in [0.1, 0.15) is 24.1 Å². The lowest BCUT2D eigenvalue weighted by atomic mass is 10.2. The molecule has 1 amide bonds. The Balaban J connectivity index is 1.74. The zero-order valence-corrected chi connectivity index (χ0v) is 12.1. The van der Waals surface area contributed by atoms with Crippen LogP contribution in [0.4, 0.5) is 5.82 Å². The SMILES string of the molecule is Cc1cc(NC(=O)[C@H]2CCCO2)n(Cc2ccccc2)n1. The lowest BCUT2D eigenvalue weighted by Gasteiger charge is -2.12. The lowest BCUT2D eigenvalue weighted by molar-refractivity contribution is -0.124. The standard InChI is InChI=1S/C16H19N3O2/c1-12-10-15(17-16(20)14-8-5-9-21-14)19(18-12)11-13-6-3-2-4-7-13/h2-4,6-7,10,14H,5,8-9,11H2,1H3,(H,17,20)/t14-/m1/s1. The summed E-state index contributed by atoms with van der Waals surface area (Å²) in [6.07, 6.45) is 1.41. The number of carbonyl (C=O) groups excluding carboxylic acids is 1. The second-order valence-corrected chi connectivity index (χ2v) is 5.31. The molecule has 1 saturated heterocycles. The highest BCUT2D eigenvalue weighted by atomic mass is 16.5. The smallest absolute Gasteiger partial charge is 0.254 e. The van der Waals surface area contributed by atoms with Gasteiger partial charge in [0.1, 0.15) is 11.9 Å². The molecule has 1 aliphatic rings. The first kappa shape index (κ1) is 13.8. The third-order valence-electron chi connectivity index (χ3n) is 3.55. The highest BCUT2D eigenvalue weighted by Crippen LogP contribution is 2.17. The van der Waals surface area contributed by atoms with E-state index in [0.717, 1.165) is 29.9 Å². The van der Waals surface area contributed by atoms with Gasteiger partial charge in [0.15, 0.2) is 0 Å². The molecule has 5 nitrogen and oxygen atoms in total. The van der Waals surface area contributed by atoms with Gasteiger partial charge in [0.25, 0.3) is 5.91 Å². The van der Waals surface area contributed by atoms with Gasteiger partial charge >= 0.3 is 0 Å². The van der Waals surface area contributed by atoms with Crippen LogP contribution in [0.15, 0.2) is 36.4 Å². The van der Waals surface area contributed by atoms with Gasteiger partial charge in [-0.05, 0) is 25.3 Å². The molecule has 0 radical (unpaired) electrons. The molecule has 2 aromatic rings. The van der Waals surface area contributed by atoms with Crippen molar-refractivity contribution in [2.45, 2.75) is 32.4 Å². The summed E-state index contributed by atoms with van der Waals surface area (Å²) in [6.45, 7) is 3.22. The van der Waals surface area contributed by atoms with Crippen molar-refractivity contribution >= 4 is 11.7 Å². The van der Waals surface area contributed by atoms with E-state index in [-0.39, 0.29) is 12.0 Å². The van der Waals surface area contributed by atoms with Crippen LogP contribution in [-0.4, -0.2) is 28.4 Å². The average Bonchev–Trinajstić information content (AvgIpc) is 3.11. The second kappa shape index (κ2) is 6.10. The number of anilines is 1. The van der Waals surface area contributed by atoms with Crippen molar-refractivity contribution in [1.82, 2.24) is 9.78 Å². The quantitative estimate of drug-likeness (QED) is 0.938. The highest BCUT2D eigenvalue weighted by Gasteiger charge is 2.24. The molecule has 0 spiro atoms. The number of carbonyl (C=O) groups is 1. The minimum Gasteiger partial charge on any atom is -0.368 e. The Labute approximate surface area is 123 Å². The number of aryl methyl sites for hydroxylation is 1. The molecule has 1 aromatic heterocycles. The highest BCUT2D eigenvalue weighted by molar-refractivity contribution is 5.93. The summed E-state index contributed by atoms with van der Waals surface area (Å²) in [5.41, 5.74) is 2.03. The summed E-state index contributed by atoms with van der Waals surface area (Å²) in [4.78, 5) is 12.2. The van der Waals surface area contributed by atoms with Crippen LogP contribution < -0.4 is 5.32 Å².